The second-order valence-corrected chi connectivity index (χ2v) is 6.05. The van der Waals surface area contributed by atoms with E-state index in [2.05, 4.69) is 0 Å². The Morgan fingerprint density at radius 2 is 1.96 bits per heavy atom. The number of hydrogen-bond acceptors (Lipinski definition) is 3. The summed E-state index contributed by atoms with van der Waals surface area (Å²) >= 11 is 0. The maximum absolute atomic E-state index is 13.7. The minimum absolute atomic E-state index is 0.0168. The molecule has 0 bridgehead atoms. The average molecular weight is 346 g/mol. The van der Waals surface area contributed by atoms with E-state index in [9.17, 15) is 13.6 Å². The Hall–Kier alpha value is -2.63. The summed E-state index contributed by atoms with van der Waals surface area (Å²) in [6.07, 6.45) is 1.87. The normalized spacial score (nSPS) is 17.5. The van der Waals surface area contributed by atoms with Gasteiger partial charge in [-0.1, -0.05) is 18.2 Å². The quantitative estimate of drug-likeness (QED) is 0.845. The summed E-state index contributed by atoms with van der Waals surface area (Å²) in [7, 11) is 0. The number of benzene rings is 2. The van der Waals surface area contributed by atoms with Crippen molar-refractivity contribution in [3.8, 4) is 5.75 Å². The van der Waals surface area contributed by atoms with Gasteiger partial charge in [0, 0.05) is 12.6 Å². The Morgan fingerprint density at radius 3 is 2.68 bits per heavy atom. The lowest BCUT2D eigenvalue weighted by molar-refractivity contribution is -0.137. The van der Waals surface area contributed by atoms with Crippen molar-refractivity contribution in [2.45, 2.75) is 25.8 Å². The van der Waals surface area contributed by atoms with Gasteiger partial charge in [0.25, 0.3) is 5.91 Å². The molecule has 0 radical (unpaired) electrons. The molecular weight excluding hydrogens is 326 g/mol. The number of anilines is 1. The third kappa shape index (κ3) is 3.90. The summed E-state index contributed by atoms with van der Waals surface area (Å²) in [5, 5.41) is 3.60. The Kier molecular flexibility index (Phi) is 5.16. The Bertz CT molecular complexity index is 739. The number of nitrogens with zero attached hydrogens (tertiary/aromatic N) is 2. The second-order valence-electron chi connectivity index (χ2n) is 6.05. The number of halogens is 2. The van der Waals surface area contributed by atoms with Crippen molar-refractivity contribution < 1.29 is 18.3 Å². The van der Waals surface area contributed by atoms with Gasteiger partial charge in [-0.25, -0.2) is 13.8 Å². The summed E-state index contributed by atoms with van der Waals surface area (Å²) in [4.78, 5) is 12.7. The molecule has 0 spiro atoms. The minimum Gasteiger partial charge on any atom is -0.481 e. The van der Waals surface area contributed by atoms with Crippen LogP contribution in [0.2, 0.25) is 0 Å². The van der Waals surface area contributed by atoms with E-state index in [1.807, 2.05) is 42.3 Å². The summed E-state index contributed by atoms with van der Waals surface area (Å²) in [5.74, 6) is -1.90. The SMILES string of the molecule is C[C@H]1CCCN(c2ccccc2)N1C(=O)COc1ccc(F)cc1F. The monoisotopic (exact) mass is 346 g/mol. The minimum atomic E-state index is -0.820. The molecule has 0 N–H and O–H groups in total. The first kappa shape index (κ1) is 17.2. The molecule has 1 fully saturated rings. The van der Waals surface area contributed by atoms with Crippen LogP contribution in [0.1, 0.15) is 19.8 Å². The van der Waals surface area contributed by atoms with E-state index >= 15 is 0 Å². The van der Waals surface area contributed by atoms with Crippen LogP contribution in [0.3, 0.4) is 0 Å². The highest BCUT2D eigenvalue weighted by Gasteiger charge is 2.30. The van der Waals surface area contributed by atoms with Crippen LogP contribution in [0.4, 0.5) is 14.5 Å². The number of ether oxygens (including phenoxy) is 1. The molecule has 1 amide bonds. The molecular formula is C19H20F2N2O2. The zero-order valence-electron chi connectivity index (χ0n) is 14.0. The Morgan fingerprint density at radius 1 is 1.20 bits per heavy atom. The van der Waals surface area contributed by atoms with Gasteiger partial charge in [-0.15, -0.1) is 0 Å². The molecule has 6 heteroatoms. The summed E-state index contributed by atoms with van der Waals surface area (Å²) in [6, 6.07) is 12.7. The van der Waals surface area contributed by atoms with Crippen LogP contribution in [-0.4, -0.2) is 30.1 Å². The molecule has 1 aliphatic rings. The molecule has 1 heterocycles. The maximum Gasteiger partial charge on any atom is 0.279 e. The van der Waals surface area contributed by atoms with Crippen molar-refractivity contribution in [2.24, 2.45) is 0 Å². The van der Waals surface area contributed by atoms with Crippen LogP contribution >= 0.6 is 0 Å². The highest BCUT2D eigenvalue weighted by molar-refractivity contribution is 5.80. The van der Waals surface area contributed by atoms with Gasteiger partial charge in [0.1, 0.15) is 5.82 Å². The molecule has 1 saturated heterocycles. The molecule has 4 nitrogen and oxygen atoms in total. The largest absolute Gasteiger partial charge is 0.481 e. The molecule has 0 unspecified atom stereocenters. The molecule has 2 aromatic rings. The highest BCUT2D eigenvalue weighted by Crippen LogP contribution is 2.25. The first-order valence-corrected chi connectivity index (χ1v) is 8.28. The van der Waals surface area contributed by atoms with Crippen LogP contribution in [0.15, 0.2) is 48.5 Å². The predicted molar refractivity (Wildman–Crippen MR) is 91.2 cm³/mol. The number of hydrazine groups is 1. The first-order chi connectivity index (χ1) is 12.1. The van der Waals surface area contributed by atoms with Gasteiger partial charge >= 0.3 is 0 Å². The van der Waals surface area contributed by atoms with Crippen LogP contribution in [0, 0.1) is 11.6 Å². The van der Waals surface area contributed by atoms with E-state index in [-0.39, 0.29) is 24.3 Å². The van der Waals surface area contributed by atoms with Crippen molar-refractivity contribution in [1.82, 2.24) is 5.01 Å². The molecule has 0 saturated carbocycles. The van der Waals surface area contributed by atoms with Crippen LogP contribution in [-0.2, 0) is 4.79 Å². The highest BCUT2D eigenvalue weighted by atomic mass is 19.1. The summed E-state index contributed by atoms with van der Waals surface area (Å²) in [5.41, 5.74) is 0.926. The van der Waals surface area contributed by atoms with Gasteiger partial charge < -0.3 is 4.74 Å². The molecule has 3 rings (SSSR count). The van der Waals surface area contributed by atoms with E-state index in [0.717, 1.165) is 37.2 Å². The van der Waals surface area contributed by atoms with Crippen LogP contribution in [0.25, 0.3) is 0 Å². The number of rotatable bonds is 4. The molecule has 132 valence electrons. The van der Waals surface area contributed by atoms with Crippen molar-refractivity contribution in [3.63, 3.8) is 0 Å². The average Bonchev–Trinajstić information content (AvgIpc) is 2.61. The van der Waals surface area contributed by atoms with Gasteiger partial charge in [0.05, 0.1) is 11.7 Å². The Labute approximate surface area is 145 Å². The van der Waals surface area contributed by atoms with E-state index in [4.69, 9.17) is 4.74 Å². The number of hydrogen-bond donors (Lipinski definition) is 0. The van der Waals surface area contributed by atoms with Crippen molar-refractivity contribution in [2.75, 3.05) is 18.2 Å². The van der Waals surface area contributed by atoms with Crippen LogP contribution in [0.5, 0.6) is 5.75 Å². The lowest BCUT2D eigenvalue weighted by Crippen LogP contribution is -2.56. The fourth-order valence-electron chi connectivity index (χ4n) is 3.04. The predicted octanol–water partition coefficient (Wildman–Crippen LogP) is 3.78. The Balaban J connectivity index is 1.73. The van der Waals surface area contributed by atoms with Gasteiger partial charge in [-0.3, -0.25) is 9.80 Å². The molecule has 1 atom stereocenters. The fourth-order valence-corrected chi connectivity index (χ4v) is 3.04. The van der Waals surface area contributed by atoms with E-state index in [1.165, 1.54) is 6.07 Å². The van der Waals surface area contributed by atoms with Gasteiger partial charge in [-0.05, 0) is 44.0 Å². The number of amides is 1. The number of carbonyl (C=O) groups excluding carboxylic acids is 1. The zero-order chi connectivity index (χ0) is 17.8. The zero-order valence-corrected chi connectivity index (χ0v) is 14.0. The summed E-state index contributed by atoms with van der Waals surface area (Å²) < 4.78 is 31.9. The second kappa shape index (κ2) is 7.51. The first-order valence-electron chi connectivity index (χ1n) is 8.28. The number of carbonyl (C=O) groups is 1. The van der Waals surface area contributed by atoms with Crippen molar-refractivity contribution >= 4 is 11.6 Å². The third-order valence-corrected chi connectivity index (χ3v) is 4.22. The van der Waals surface area contributed by atoms with E-state index in [0.29, 0.717) is 0 Å². The smallest absolute Gasteiger partial charge is 0.279 e. The fraction of sp³-hybridized carbons (Fsp3) is 0.316. The maximum atomic E-state index is 13.7. The molecule has 0 aromatic heterocycles. The third-order valence-electron chi connectivity index (χ3n) is 4.22. The molecule has 2 aromatic carbocycles. The lowest BCUT2D eigenvalue weighted by Gasteiger charge is -2.44. The van der Waals surface area contributed by atoms with Gasteiger partial charge in [0.15, 0.2) is 18.2 Å². The van der Waals surface area contributed by atoms with Crippen LogP contribution < -0.4 is 9.75 Å². The van der Waals surface area contributed by atoms with Crippen molar-refractivity contribution in [1.29, 1.82) is 0 Å². The van der Waals surface area contributed by atoms with Gasteiger partial charge in [0.2, 0.25) is 0 Å². The van der Waals surface area contributed by atoms with E-state index in [1.54, 1.807) is 5.01 Å². The lowest BCUT2D eigenvalue weighted by atomic mass is 10.1. The van der Waals surface area contributed by atoms with E-state index < -0.39 is 11.6 Å². The summed E-state index contributed by atoms with van der Waals surface area (Å²) in [6.45, 7) is 2.40. The molecule has 25 heavy (non-hydrogen) atoms. The topological polar surface area (TPSA) is 32.8 Å². The number of para-hydroxylation sites is 1. The standard InChI is InChI=1S/C19H20F2N2O2/c1-14-6-5-11-22(16-7-3-2-4-8-16)23(14)19(24)13-25-18-10-9-15(20)12-17(18)21/h2-4,7-10,12,14H,5-6,11,13H2,1H3/t14-/m0/s1. The van der Waals surface area contributed by atoms with Crippen molar-refractivity contribution in [3.05, 3.63) is 60.2 Å². The molecule has 1 aliphatic heterocycles. The molecule has 0 aliphatic carbocycles. The van der Waals surface area contributed by atoms with Gasteiger partial charge in [-0.2, -0.15) is 0 Å².